The van der Waals surface area contributed by atoms with Crippen LogP contribution < -0.4 is 0 Å². The van der Waals surface area contributed by atoms with Gasteiger partial charge in [0, 0.05) is 14.1 Å². The van der Waals surface area contributed by atoms with Crippen LogP contribution in [0, 0.1) is 17.1 Å². The summed E-state index contributed by atoms with van der Waals surface area (Å²) in [4.78, 5) is 4.47. The van der Waals surface area contributed by atoms with Crippen LogP contribution in [0.25, 0.3) is 28.0 Å². The van der Waals surface area contributed by atoms with Gasteiger partial charge in [0.2, 0.25) is 0 Å². The Kier molecular flexibility index (Phi) is 5.25. The van der Waals surface area contributed by atoms with E-state index >= 15 is 0 Å². The number of aliphatic hydroxyl groups is 1. The fraction of sp³-hybridized carbons (Fsp3) is 0.143. The van der Waals surface area contributed by atoms with E-state index in [4.69, 9.17) is 0 Å². The number of fused-ring (bicyclic) bond motifs is 1. The molecule has 2 heterocycles. The summed E-state index contributed by atoms with van der Waals surface area (Å²) in [5.41, 5.74) is 2.05. The van der Waals surface area contributed by atoms with Crippen molar-refractivity contribution in [1.82, 2.24) is 24.3 Å². The Morgan fingerprint density at radius 3 is 2.57 bits per heavy atom. The average Bonchev–Trinajstić information content (AvgIpc) is 3.28. The molecule has 0 radical (unpaired) electrons. The standard InChI is InChI=1S/C21H17FN6OS/c1-27-17-10-6-5-9-16(17)24-19(27)14(11-23)18(29)12-30-21-26-25-20(28(21)2)13-7-3-4-8-15(13)22/h3-10,29H,12H2,1-2H3/b18-14-. The van der Waals surface area contributed by atoms with Crippen molar-refractivity contribution in [2.24, 2.45) is 14.1 Å². The third-order valence-electron chi connectivity index (χ3n) is 4.70. The molecule has 0 spiro atoms. The lowest BCUT2D eigenvalue weighted by Gasteiger charge is -2.06. The minimum absolute atomic E-state index is 0.0926. The van der Waals surface area contributed by atoms with Crippen molar-refractivity contribution in [1.29, 1.82) is 5.26 Å². The lowest BCUT2D eigenvalue weighted by atomic mass is 10.2. The van der Waals surface area contributed by atoms with E-state index in [1.807, 2.05) is 30.3 Å². The number of allylic oxidation sites excluding steroid dienone is 1. The van der Waals surface area contributed by atoms with Crippen molar-refractivity contribution in [3.05, 3.63) is 65.9 Å². The minimum atomic E-state index is -0.388. The van der Waals surface area contributed by atoms with Gasteiger partial charge in [-0.3, -0.25) is 0 Å². The summed E-state index contributed by atoms with van der Waals surface area (Å²) in [7, 11) is 3.52. The van der Waals surface area contributed by atoms with Crippen LogP contribution in [0.5, 0.6) is 0 Å². The second-order valence-electron chi connectivity index (χ2n) is 6.55. The van der Waals surface area contributed by atoms with Crippen LogP contribution in [0.15, 0.2) is 59.4 Å². The summed E-state index contributed by atoms with van der Waals surface area (Å²) in [5.74, 6) is 0.365. The molecule has 9 heteroatoms. The lowest BCUT2D eigenvalue weighted by Crippen LogP contribution is -2.02. The van der Waals surface area contributed by atoms with Crippen LogP contribution in [0.2, 0.25) is 0 Å². The topological polar surface area (TPSA) is 92.6 Å². The molecule has 0 unspecified atom stereocenters. The third kappa shape index (κ3) is 3.42. The van der Waals surface area contributed by atoms with Crippen LogP contribution in [-0.2, 0) is 14.1 Å². The molecule has 4 aromatic rings. The summed E-state index contributed by atoms with van der Waals surface area (Å²) >= 11 is 1.20. The first-order chi connectivity index (χ1) is 14.5. The summed E-state index contributed by atoms with van der Waals surface area (Å²) < 4.78 is 17.5. The van der Waals surface area contributed by atoms with E-state index in [0.717, 1.165) is 11.0 Å². The van der Waals surface area contributed by atoms with Gasteiger partial charge in [0.25, 0.3) is 0 Å². The Morgan fingerprint density at radius 2 is 1.83 bits per heavy atom. The molecule has 4 rings (SSSR count). The molecule has 0 amide bonds. The van der Waals surface area contributed by atoms with Gasteiger partial charge in [0.05, 0.1) is 22.3 Å². The average molecular weight is 420 g/mol. The predicted molar refractivity (Wildman–Crippen MR) is 113 cm³/mol. The molecule has 1 N–H and O–H groups in total. The summed E-state index contributed by atoms with van der Waals surface area (Å²) in [6.07, 6.45) is 0. The van der Waals surface area contributed by atoms with Crippen LogP contribution >= 0.6 is 11.8 Å². The first-order valence-corrected chi connectivity index (χ1v) is 10.0. The lowest BCUT2D eigenvalue weighted by molar-refractivity contribution is 0.420. The maximum Gasteiger partial charge on any atom is 0.191 e. The van der Waals surface area contributed by atoms with E-state index in [9.17, 15) is 14.8 Å². The summed E-state index contributed by atoms with van der Waals surface area (Å²) in [5, 5.41) is 28.9. The van der Waals surface area contributed by atoms with Crippen LogP contribution in [-0.4, -0.2) is 35.2 Å². The van der Waals surface area contributed by atoms with Crippen LogP contribution in [0.4, 0.5) is 4.39 Å². The molecular weight excluding hydrogens is 403 g/mol. The second kappa shape index (κ2) is 8.00. The molecule has 0 aliphatic heterocycles. The Balaban J connectivity index is 1.61. The Bertz CT molecular complexity index is 1320. The van der Waals surface area contributed by atoms with Crippen molar-refractivity contribution >= 4 is 28.4 Å². The molecule has 2 aromatic carbocycles. The molecule has 0 fully saturated rings. The molecule has 0 saturated carbocycles. The van der Waals surface area contributed by atoms with Gasteiger partial charge in [0.15, 0.2) is 16.8 Å². The van der Waals surface area contributed by atoms with E-state index < -0.39 is 0 Å². The van der Waals surface area contributed by atoms with Crippen LogP contribution in [0.1, 0.15) is 5.82 Å². The van der Waals surface area contributed by atoms with Gasteiger partial charge in [-0.15, -0.1) is 10.2 Å². The minimum Gasteiger partial charge on any atom is -0.510 e. The number of nitriles is 1. The third-order valence-corrected chi connectivity index (χ3v) is 5.73. The van der Waals surface area contributed by atoms with Crippen molar-refractivity contribution in [2.75, 3.05) is 5.75 Å². The number of halogens is 1. The van der Waals surface area contributed by atoms with Gasteiger partial charge in [-0.1, -0.05) is 36.0 Å². The number of rotatable bonds is 5. The number of para-hydroxylation sites is 2. The van der Waals surface area contributed by atoms with Gasteiger partial charge in [-0.25, -0.2) is 9.37 Å². The zero-order valence-corrected chi connectivity index (χ0v) is 17.1. The van der Waals surface area contributed by atoms with Gasteiger partial charge in [-0.2, -0.15) is 5.26 Å². The molecule has 0 bridgehead atoms. The monoisotopic (exact) mass is 420 g/mol. The van der Waals surface area contributed by atoms with E-state index in [0.29, 0.717) is 22.4 Å². The fourth-order valence-corrected chi connectivity index (χ4v) is 3.92. The normalized spacial score (nSPS) is 12.1. The summed E-state index contributed by atoms with van der Waals surface area (Å²) in [6.45, 7) is 0. The van der Waals surface area contributed by atoms with Crippen molar-refractivity contribution in [3.8, 4) is 17.5 Å². The van der Waals surface area contributed by atoms with E-state index in [2.05, 4.69) is 15.2 Å². The number of imidazole rings is 1. The Hall–Kier alpha value is -3.64. The Morgan fingerprint density at radius 1 is 1.10 bits per heavy atom. The maximum atomic E-state index is 14.1. The molecular formula is C21H17FN6OS. The number of aryl methyl sites for hydroxylation is 1. The van der Waals surface area contributed by atoms with E-state index in [-0.39, 0.29) is 22.9 Å². The quantitative estimate of drug-likeness (QED) is 0.297. The van der Waals surface area contributed by atoms with E-state index in [1.54, 1.807) is 41.4 Å². The highest BCUT2D eigenvalue weighted by Gasteiger charge is 2.19. The molecule has 30 heavy (non-hydrogen) atoms. The largest absolute Gasteiger partial charge is 0.510 e. The van der Waals surface area contributed by atoms with Gasteiger partial charge in [0.1, 0.15) is 23.2 Å². The van der Waals surface area contributed by atoms with E-state index in [1.165, 1.54) is 17.8 Å². The number of aliphatic hydroxyl groups excluding tert-OH is 1. The van der Waals surface area contributed by atoms with Gasteiger partial charge >= 0.3 is 0 Å². The molecule has 150 valence electrons. The number of hydrogen-bond donors (Lipinski definition) is 1. The highest BCUT2D eigenvalue weighted by atomic mass is 32.2. The first-order valence-electron chi connectivity index (χ1n) is 9.02. The number of aromatic nitrogens is 5. The van der Waals surface area contributed by atoms with Crippen molar-refractivity contribution in [3.63, 3.8) is 0 Å². The maximum absolute atomic E-state index is 14.1. The number of benzene rings is 2. The number of hydrogen-bond acceptors (Lipinski definition) is 6. The zero-order chi connectivity index (χ0) is 21.3. The molecule has 0 atom stereocenters. The SMILES string of the molecule is Cn1c(SC/C(O)=C(\C#N)c2nc3ccccc3n2C)nnc1-c1ccccc1F. The first kappa shape index (κ1) is 19.7. The smallest absolute Gasteiger partial charge is 0.191 e. The highest BCUT2D eigenvalue weighted by Crippen LogP contribution is 2.28. The van der Waals surface area contributed by atoms with Gasteiger partial charge in [-0.05, 0) is 24.3 Å². The van der Waals surface area contributed by atoms with Crippen molar-refractivity contribution in [2.45, 2.75) is 5.16 Å². The molecule has 2 aromatic heterocycles. The second-order valence-corrected chi connectivity index (χ2v) is 7.49. The fourth-order valence-electron chi connectivity index (χ4n) is 3.14. The molecule has 0 aliphatic carbocycles. The number of thioether (sulfide) groups is 1. The predicted octanol–water partition coefficient (Wildman–Crippen LogP) is 4.09. The van der Waals surface area contributed by atoms with Crippen LogP contribution in [0.3, 0.4) is 0 Å². The molecule has 0 aliphatic rings. The number of nitrogens with zero attached hydrogens (tertiary/aromatic N) is 6. The molecule has 7 nitrogen and oxygen atoms in total. The van der Waals surface area contributed by atoms with Crippen molar-refractivity contribution < 1.29 is 9.50 Å². The van der Waals surface area contributed by atoms with Gasteiger partial charge < -0.3 is 14.2 Å². The summed E-state index contributed by atoms with van der Waals surface area (Å²) in [6, 6.07) is 15.9. The highest BCUT2D eigenvalue weighted by molar-refractivity contribution is 7.99. The zero-order valence-electron chi connectivity index (χ0n) is 16.2. The Labute approximate surface area is 176 Å². The molecule has 0 saturated heterocycles.